The lowest BCUT2D eigenvalue weighted by atomic mass is 10.1. The van der Waals surface area contributed by atoms with E-state index in [9.17, 15) is 9.59 Å². The number of benzene rings is 1. The fourth-order valence-corrected chi connectivity index (χ4v) is 2.16. The second kappa shape index (κ2) is 8.76. The molecule has 0 radical (unpaired) electrons. The fraction of sp³-hybridized carbons (Fsp3) is 0.333. The van der Waals surface area contributed by atoms with Crippen molar-refractivity contribution in [2.24, 2.45) is 0 Å². The third kappa shape index (κ3) is 5.79. The molecular weight excluding hydrogens is 306 g/mol. The predicted octanol–water partition coefficient (Wildman–Crippen LogP) is 2.03. The molecule has 0 bridgehead atoms. The van der Waals surface area contributed by atoms with Gasteiger partial charge in [-0.05, 0) is 36.2 Å². The molecule has 0 aliphatic rings. The van der Waals surface area contributed by atoms with E-state index in [-0.39, 0.29) is 18.4 Å². The Hall–Kier alpha value is -2.76. The number of nitrogens with zero attached hydrogens (tertiary/aromatic N) is 1. The molecular formula is C18H23N3O3. The zero-order valence-corrected chi connectivity index (χ0v) is 14.0. The van der Waals surface area contributed by atoms with Gasteiger partial charge in [0.2, 0.25) is 11.8 Å². The lowest BCUT2D eigenvalue weighted by Gasteiger charge is -2.11. The van der Waals surface area contributed by atoms with E-state index < -0.39 is 0 Å². The van der Waals surface area contributed by atoms with Crippen molar-refractivity contribution in [3.63, 3.8) is 0 Å². The molecule has 1 aromatic heterocycles. The molecule has 2 aromatic rings. The van der Waals surface area contributed by atoms with Gasteiger partial charge >= 0.3 is 0 Å². The van der Waals surface area contributed by atoms with Crippen LogP contribution in [0.3, 0.4) is 0 Å². The number of carbonyl (C=O) groups is 2. The summed E-state index contributed by atoms with van der Waals surface area (Å²) >= 11 is 0. The fourth-order valence-electron chi connectivity index (χ4n) is 2.16. The second-order valence-corrected chi connectivity index (χ2v) is 5.70. The Morgan fingerprint density at radius 3 is 2.71 bits per heavy atom. The van der Waals surface area contributed by atoms with E-state index in [1.807, 2.05) is 30.3 Å². The van der Waals surface area contributed by atoms with Gasteiger partial charge in [-0.15, -0.1) is 0 Å². The smallest absolute Gasteiger partial charge is 0.239 e. The van der Waals surface area contributed by atoms with Crippen LogP contribution in [-0.4, -0.2) is 37.4 Å². The van der Waals surface area contributed by atoms with Crippen LogP contribution in [0.2, 0.25) is 0 Å². The largest absolute Gasteiger partial charge is 0.467 e. The second-order valence-electron chi connectivity index (χ2n) is 5.70. The standard InChI is InChI=1S/C18H23N3O3/c1-21(2)18(23)9-8-14-5-3-6-15(11-14)19-13-17(22)20-12-16-7-4-10-24-16/h3-7,10-11,19H,8-9,12-13H2,1-2H3,(H,20,22). The molecule has 0 atom stereocenters. The number of anilines is 1. The minimum Gasteiger partial charge on any atom is -0.467 e. The molecule has 0 fully saturated rings. The van der Waals surface area contributed by atoms with Crippen molar-refractivity contribution in [2.45, 2.75) is 19.4 Å². The number of nitrogens with one attached hydrogen (secondary N) is 2. The predicted molar refractivity (Wildman–Crippen MR) is 92.5 cm³/mol. The summed E-state index contributed by atoms with van der Waals surface area (Å²) in [5.74, 6) is 0.709. The maximum absolute atomic E-state index is 11.8. The summed E-state index contributed by atoms with van der Waals surface area (Å²) in [6.07, 6.45) is 2.73. The summed E-state index contributed by atoms with van der Waals surface area (Å²) < 4.78 is 5.16. The third-order valence-electron chi connectivity index (χ3n) is 3.55. The van der Waals surface area contributed by atoms with Crippen LogP contribution < -0.4 is 10.6 Å². The molecule has 0 aliphatic carbocycles. The molecule has 2 rings (SSSR count). The van der Waals surface area contributed by atoms with Crippen molar-refractivity contribution >= 4 is 17.5 Å². The molecule has 1 heterocycles. The third-order valence-corrected chi connectivity index (χ3v) is 3.55. The topological polar surface area (TPSA) is 74.6 Å². The Labute approximate surface area is 141 Å². The van der Waals surface area contributed by atoms with Gasteiger partial charge in [0.1, 0.15) is 5.76 Å². The summed E-state index contributed by atoms with van der Waals surface area (Å²) in [4.78, 5) is 25.0. The first-order valence-electron chi connectivity index (χ1n) is 7.86. The summed E-state index contributed by atoms with van der Waals surface area (Å²) in [5, 5.41) is 5.86. The molecule has 2 amide bonds. The monoisotopic (exact) mass is 329 g/mol. The number of carbonyl (C=O) groups excluding carboxylic acids is 2. The van der Waals surface area contributed by atoms with E-state index in [2.05, 4.69) is 10.6 Å². The molecule has 24 heavy (non-hydrogen) atoms. The van der Waals surface area contributed by atoms with Gasteiger partial charge in [0.25, 0.3) is 0 Å². The van der Waals surface area contributed by atoms with Crippen molar-refractivity contribution in [1.29, 1.82) is 0 Å². The Morgan fingerprint density at radius 1 is 1.17 bits per heavy atom. The number of amides is 2. The molecule has 0 saturated carbocycles. The van der Waals surface area contributed by atoms with Gasteiger partial charge in [-0.25, -0.2) is 0 Å². The van der Waals surface area contributed by atoms with Crippen LogP contribution in [0.1, 0.15) is 17.7 Å². The summed E-state index contributed by atoms with van der Waals surface area (Å²) in [6.45, 7) is 0.557. The van der Waals surface area contributed by atoms with E-state index in [0.29, 0.717) is 19.4 Å². The number of hydrogen-bond donors (Lipinski definition) is 2. The average molecular weight is 329 g/mol. The van der Waals surface area contributed by atoms with Crippen LogP contribution in [-0.2, 0) is 22.6 Å². The quantitative estimate of drug-likeness (QED) is 0.777. The van der Waals surface area contributed by atoms with E-state index in [4.69, 9.17) is 4.42 Å². The normalized spacial score (nSPS) is 10.2. The maximum atomic E-state index is 11.8. The Balaban J connectivity index is 1.76. The first-order valence-corrected chi connectivity index (χ1v) is 7.86. The van der Waals surface area contributed by atoms with Crippen LogP contribution in [0, 0.1) is 0 Å². The summed E-state index contributed by atoms with van der Waals surface area (Å²) in [6, 6.07) is 11.3. The van der Waals surface area contributed by atoms with Gasteiger partial charge in [0, 0.05) is 26.2 Å². The number of hydrogen-bond acceptors (Lipinski definition) is 4. The Kier molecular flexibility index (Phi) is 6.42. The first-order chi connectivity index (χ1) is 11.5. The van der Waals surface area contributed by atoms with Gasteiger partial charge in [-0.1, -0.05) is 12.1 Å². The highest BCUT2D eigenvalue weighted by Gasteiger charge is 2.06. The Bertz CT molecular complexity index is 666. The Morgan fingerprint density at radius 2 is 2.00 bits per heavy atom. The van der Waals surface area contributed by atoms with Crippen LogP contribution in [0.15, 0.2) is 47.1 Å². The first kappa shape index (κ1) is 17.6. The summed E-state index contributed by atoms with van der Waals surface area (Å²) in [7, 11) is 3.50. The van der Waals surface area contributed by atoms with Gasteiger partial charge in [-0.2, -0.15) is 0 Å². The lowest BCUT2D eigenvalue weighted by Crippen LogP contribution is -2.29. The molecule has 128 valence electrons. The molecule has 0 unspecified atom stereocenters. The highest BCUT2D eigenvalue weighted by Crippen LogP contribution is 2.12. The van der Waals surface area contributed by atoms with Gasteiger partial charge in [0.15, 0.2) is 0 Å². The molecule has 0 saturated heterocycles. The van der Waals surface area contributed by atoms with E-state index in [1.54, 1.807) is 31.3 Å². The van der Waals surface area contributed by atoms with Crippen molar-refractivity contribution in [2.75, 3.05) is 26.0 Å². The number of rotatable bonds is 8. The number of furan rings is 1. The minimum absolute atomic E-state index is 0.102. The summed E-state index contributed by atoms with van der Waals surface area (Å²) in [5.41, 5.74) is 1.92. The zero-order chi connectivity index (χ0) is 17.4. The molecule has 6 heteroatoms. The van der Waals surface area contributed by atoms with Crippen molar-refractivity contribution < 1.29 is 14.0 Å². The zero-order valence-electron chi connectivity index (χ0n) is 14.0. The van der Waals surface area contributed by atoms with Crippen LogP contribution >= 0.6 is 0 Å². The highest BCUT2D eigenvalue weighted by molar-refractivity contribution is 5.80. The molecule has 2 N–H and O–H groups in total. The van der Waals surface area contributed by atoms with Crippen LogP contribution in [0.25, 0.3) is 0 Å². The molecule has 0 aliphatic heterocycles. The van der Waals surface area contributed by atoms with Gasteiger partial charge < -0.3 is 20.0 Å². The van der Waals surface area contributed by atoms with Crippen LogP contribution in [0.5, 0.6) is 0 Å². The molecule has 1 aromatic carbocycles. The van der Waals surface area contributed by atoms with E-state index >= 15 is 0 Å². The van der Waals surface area contributed by atoms with Gasteiger partial charge in [-0.3, -0.25) is 9.59 Å². The van der Waals surface area contributed by atoms with Crippen molar-refractivity contribution in [3.05, 3.63) is 54.0 Å². The van der Waals surface area contributed by atoms with Crippen molar-refractivity contribution in [1.82, 2.24) is 10.2 Å². The van der Waals surface area contributed by atoms with Crippen LogP contribution in [0.4, 0.5) is 5.69 Å². The average Bonchev–Trinajstić information content (AvgIpc) is 3.09. The molecule has 0 spiro atoms. The lowest BCUT2D eigenvalue weighted by molar-refractivity contribution is -0.128. The highest BCUT2D eigenvalue weighted by atomic mass is 16.3. The SMILES string of the molecule is CN(C)C(=O)CCc1cccc(NCC(=O)NCc2ccco2)c1. The van der Waals surface area contributed by atoms with Gasteiger partial charge in [0.05, 0.1) is 19.4 Å². The van der Waals surface area contributed by atoms with Crippen molar-refractivity contribution in [3.8, 4) is 0 Å². The van der Waals surface area contributed by atoms with E-state index in [1.165, 1.54) is 0 Å². The minimum atomic E-state index is -0.111. The van der Waals surface area contributed by atoms with E-state index in [0.717, 1.165) is 17.0 Å². The molecule has 6 nitrogen and oxygen atoms in total. The maximum Gasteiger partial charge on any atom is 0.239 e. The number of aryl methyl sites for hydroxylation is 1.